The third-order valence-corrected chi connectivity index (χ3v) is 4.43. The van der Waals surface area contributed by atoms with Crippen LogP contribution in [0.25, 0.3) is 6.08 Å². The summed E-state index contributed by atoms with van der Waals surface area (Å²) >= 11 is 0. The van der Waals surface area contributed by atoms with Crippen LogP contribution in [0.5, 0.6) is 5.75 Å². The molecule has 0 aliphatic carbocycles. The molecule has 5 nitrogen and oxygen atoms in total. The van der Waals surface area contributed by atoms with Gasteiger partial charge in [0.2, 0.25) is 5.91 Å². The number of benzene rings is 1. The molecule has 2 fully saturated rings. The van der Waals surface area contributed by atoms with E-state index in [1.165, 1.54) is 0 Å². The lowest BCUT2D eigenvalue weighted by molar-refractivity contribution is -0.131. The molecule has 5 heteroatoms. The molecule has 0 unspecified atom stereocenters. The van der Waals surface area contributed by atoms with E-state index in [4.69, 9.17) is 14.2 Å². The molecule has 1 amide bonds. The molecule has 124 valence electrons. The summed E-state index contributed by atoms with van der Waals surface area (Å²) in [6, 6.07) is 7.66. The normalized spacial score (nSPS) is 20.3. The number of rotatable bonds is 4. The number of carbonyl (C=O) groups excluding carboxylic acids is 1. The summed E-state index contributed by atoms with van der Waals surface area (Å²) < 4.78 is 16.4. The molecule has 0 atom stereocenters. The minimum atomic E-state index is -0.0728. The quantitative estimate of drug-likeness (QED) is 0.800. The highest BCUT2D eigenvalue weighted by Gasteiger charge is 2.31. The second kappa shape index (κ2) is 7.62. The fraction of sp³-hybridized carbons (Fsp3) is 0.500. The van der Waals surface area contributed by atoms with E-state index in [2.05, 4.69) is 0 Å². The van der Waals surface area contributed by atoms with E-state index in [1.54, 1.807) is 13.2 Å². The van der Waals surface area contributed by atoms with Gasteiger partial charge in [0.15, 0.2) is 6.29 Å². The summed E-state index contributed by atoms with van der Waals surface area (Å²) in [5, 5.41) is 0. The Hall–Kier alpha value is -1.85. The standard InChI is InChI=1S/C18H23NO4/c1-21-16-5-3-2-4-14(16)6-7-17(20)19-10-8-15(9-11-19)18-22-12-13-23-18/h2-7,15,18H,8-13H2,1H3/b7-6+. The van der Waals surface area contributed by atoms with Crippen molar-refractivity contribution in [2.75, 3.05) is 33.4 Å². The molecule has 0 spiro atoms. The first-order valence-electron chi connectivity index (χ1n) is 8.11. The number of hydrogen-bond donors (Lipinski definition) is 0. The van der Waals surface area contributed by atoms with Gasteiger partial charge in [-0.05, 0) is 25.0 Å². The smallest absolute Gasteiger partial charge is 0.246 e. The average molecular weight is 317 g/mol. The first-order valence-corrected chi connectivity index (χ1v) is 8.11. The second-order valence-electron chi connectivity index (χ2n) is 5.85. The van der Waals surface area contributed by atoms with Gasteiger partial charge < -0.3 is 19.1 Å². The monoisotopic (exact) mass is 317 g/mol. The minimum absolute atomic E-state index is 0.0441. The number of para-hydroxylation sites is 1. The van der Waals surface area contributed by atoms with E-state index in [0.29, 0.717) is 19.1 Å². The van der Waals surface area contributed by atoms with Gasteiger partial charge in [0.25, 0.3) is 0 Å². The maximum absolute atomic E-state index is 12.3. The molecule has 1 aromatic rings. The molecule has 23 heavy (non-hydrogen) atoms. The third-order valence-electron chi connectivity index (χ3n) is 4.43. The van der Waals surface area contributed by atoms with Crippen LogP contribution < -0.4 is 4.74 Å². The lowest BCUT2D eigenvalue weighted by Gasteiger charge is -2.33. The minimum Gasteiger partial charge on any atom is -0.496 e. The summed E-state index contributed by atoms with van der Waals surface area (Å²) in [5.41, 5.74) is 0.908. The molecule has 0 aromatic heterocycles. The third kappa shape index (κ3) is 3.92. The Morgan fingerprint density at radius 1 is 1.22 bits per heavy atom. The second-order valence-corrected chi connectivity index (χ2v) is 5.85. The van der Waals surface area contributed by atoms with Gasteiger partial charge in [0, 0.05) is 30.6 Å². The summed E-state index contributed by atoms with van der Waals surface area (Å²) in [6.07, 6.45) is 5.23. The Morgan fingerprint density at radius 2 is 1.91 bits per heavy atom. The molecule has 1 aromatic carbocycles. The molecule has 0 radical (unpaired) electrons. The number of methoxy groups -OCH3 is 1. The molecular weight excluding hydrogens is 294 g/mol. The number of hydrogen-bond acceptors (Lipinski definition) is 4. The first kappa shape index (κ1) is 16.0. The van der Waals surface area contributed by atoms with E-state index in [9.17, 15) is 4.79 Å². The van der Waals surface area contributed by atoms with Crippen molar-refractivity contribution in [1.82, 2.24) is 4.90 Å². The fourth-order valence-corrected chi connectivity index (χ4v) is 3.11. The number of piperidine rings is 1. The molecule has 2 saturated heterocycles. The van der Waals surface area contributed by atoms with Crippen LogP contribution in [0.1, 0.15) is 18.4 Å². The maximum Gasteiger partial charge on any atom is 0.246 e. The summed E-state index contributed by atoms with van der Waals surface area (Å²) in [6.45, 7) is 2.88. The molecule has 2 heterocycles. The zero-order valence-electron chi connectivity index (χ0n) is 13.4. The van der Waals surface area contributed by atoms with Gasteiger partial charge in [-0.2, -0.15) is 0 Å². The van der Waals surface area contributed by atoms with Crippen LogP contribution in [0.3, 0.4) is 0 Å². The van der Waals surface area contributed by atoms with Crippen LogP contribution >= 0.6 is 0 Å². The van der Waals surface area contributed by atoms with Crippen LogP contribution in [0.2, 0.25) is 0 Å². The number of likely N-dealkylation sites (tertiary alicyclic amines) is 1. The highest BCUT2D eigenvalue weighted by atomic mass is 16.7. The van der Waals surface area contributed by atoms with Gasteiger partial charge in [-0.15, -0.1) is 0 Å². The SMILES string of the molecule is COc1ccccc1/C=C/C(=O)N1CCC(C2OCCO2)CC1. The maximum atomic E-state index is 12.3. The van der Waals surface area contributed by atoms with Crippen molar-refractivity contribution in [3.63, 3.8) is 0 Å². The van der Waals surface area contributed by atoms with Crippen molar-refractivity contribution in [2.24, 2.45) is 5.92 Å². The number of ether oxygens (including phenoxy) is 3. The fourth-order valence-electron chi connectivity index (χ4n) is 3.11. The van der Waals surface area contributed by atoms with Crippen LogP contribution in [0, 0.1) is 5.92 Å². The zero-order chi connectivity index (χ0) is 16.1. The Balaban J connectivity index is 1.54. The van der Waals surface area contributed by atoms with Crippen molar-refractivity contribution < 1.29 is 19.0 Å². The van der Waals surface area contributed by atoms with Crippen molar-refractivity contribution in [3.8, 4) is 5.75 Å². The Kier molecular flexibility index (Phi) is 5.31. The van der Waals surface area contributed by atoms with E-state index in [1.807, 2.05) is 35.2 Å². The lowest BCUT2D eigenvalue weighted by Crippen LogP contribution is -2.40. The van der Waals surface area contributed by atoms with Crippen molar-refractivity contribution >= 4 is 12.0 Å². The van der Waals surface area contributed by atoms with Crippen LogP contribution in [-0.2, 0) is 14.3 Å². The van der Waals surface area contributed by atoms with Gasteiger partial charge in [-0.1, -0.05) is 18.2 Å². The first-order chi connectivity index (χ1) is 11.3. The lowest BCUT2D eigenvalue weighted by atomic mass is 9.96. The Labute approximate surface area is 136 Å². The van der Waals surface area contributed by atoms with Crippen LogP contribution in [0.4, 0.5) is 0 Å². The summed E-state index contributed by atoms with van der Waals surface area (Å²) in [5.74, 6) is 1.22. The van der Waals surface area contributed by atoms with Crippen LogP contribution in [0.15, 0.2) is 30.3 Å². The molecule has 0 N–H and O–H groups in total. The van der Waals surface area contributed by atoms with Crippen LogP contribution in [-0.4, -0.2) is 50.5 Å². The van der Waals surface area contributed by atoms with Crippen molar-refractivity contribution in [1.29, 1.82) is 0 Å². The van der Waals surface area contributed by atoms with Gasteiger partial charge in [-0.3, -0.25) is 4.79 Å². The highest BCUT2D eigenvalue weighted by molar-refractivity contribution is 5.92. The van der Waals surface area contributed by atoms with Gasteiger partial charge in [-0.25, -0.2) is 0 Å². The largest absolute Gasteiger partial charge is 0.496 e. The highest BCUT2D eigenvalue weighted by Crippen LogP contribution is 2.26. The summed E-state index contributed by atoms with van der Waals surface area (Å²) in [7, 11) is 1.63. The molecule has 0 saturated carbocycles. The van der Waals surface area contributed by atoms with E-state index >= 15 is 0 Å². The van der Waals surface area contributed by atoms with Gasteiger partial charge in [0.05, 0.1) is 20.3 Å². The average Bonchev–Trinajstić information content (AvgIpc) is 3.14. The predicted octanol–water partition coefficient (Wildman–Crippen LogP) is 2.32. The number of amides is 1. The molecule has 3 rings (SSSR count). The molecule has 0 bridgehead atoms. The van der Waals surface area contributed by atoms with Gasteiger partial charge >= 0.3 is 0 Å². The zero-order valence-corrected chi connectivity index (χ0v) is 13.4. The van der Waals surface area contributed by atoms with E-state index in [0.717, 1.165) is 37.2 Å². The number of carbonyl (C=O) groups is 1. The Morgan fingerprint density at radius 3 is 2.61 bits per heavy atom. The summed E-state index contributed by atoms with van der Waals surface area (Å²) in [4.78, 5) is 14.2. The number of nitrogens with zero attached hydrogens (tertiary/aromatic N) is 1. The topological polar surface area (TPSA) is 48.0 Å². The van der Waals surface area contributed by atoms with E-state index in [-0.39, 0.29) is 12.2 Å². The van der Waals surface area contributed by atoms with E-state index < -0.39 is 0 Å². The Bertz CT molecular complexity index is 558. The molecule has 2 aliphatic rings. The van der Waals surface area contributed by atoms with Gasteiger partial charge in [0.1, 0.15) is 5.75 Å². The predicted molar refractivity (Wildman–Crippen MR) is 87.0 cm³/mol. The molecule has 2 aliphatic heterocycles. The van der Waals surface area contributed by atoms with Crippen molar-refractivity contribution in [2.45, 2.75) is 19.1 Å². The molecular formula is C18H23NO4. The van der Waals surface area contributed by atoms with Crippen molar-refractivity contribution in [3.05, 3.63) is 35.9 Å².